The second-order valence-electron chi connectivity index (χ2n) is 4.17. The molecule has 1 atom stereocenters. The number of sulfone groups is 1. The van der Waals surface area contributed by atoms with E-state index >= 15 is 0 Å². The summed E-state index contributed by atoms with van der Waals surface area (Å²) in [7, 11) is -2.92. The van der Waals surface area contributed by atoms with Gasteiger partial charge in [0.25, 0.3) is 0 Å². The first-order valence-corrected chi connectivity index (χ1v) is 7.46. The first-order chi connectivity index (χ1) is 7.62. The third-order valence-electron chi connectivity index (χ3n) is 3.12. The van der Waals surface area contributed by atoms with E-state index in [9.17, 15) is 8.42 Å². The van der Waals surface area contributed by atoms with Crippen LogP contribution in [0.5, 0.6) is 0 Å². The van der Waals surface area contributed by atoms with Crippen LogP contribution in [0.2, 0.25) is 0 Å². The molecule has 1 aliphatic rings. The number of fused-ring (bicyclic) bond motifs is 1. The third kappa shape index (κ3) is 2.44. The van der Waals surface area contributed by atoms with Crippen molar-refractivity contribution in [3.8, 4) is 0 Å². The smallest absolute Gasteiger partial charge is 0.162 e. The maximum atomic E-state index is 11.4. The average molecular weight is 239 g/mol. The van der Waals surface area contributed by atoms with Crippen LogP contribution >= 0.6 is 0 Å². The molecule has 0 bridgehead atoms. The fraction of sp³-hybridized carbons (Fsp3) is 0.500. The van der Waals surface area contributed by atoms with Crippen molar-refractivity contribution in [2.75, 3.05) is 11.6 Å². The molecule has 0 saturated carbocycles. The molecule has 1 aromatic carbocycles. The molecular formula is C12H17NO2S. The van der Waals surface area contributed by atoms with Crippen molar-refractivity contribution in [3.63, 3.8) is 0 Å². The quantitative estimate of drug-likeness (QED) is 0.869. The molecular weight excluding hydrogens is 222 g/mol. The van der Waals surface area contributed by atoms with Crippen LogP contribution in [0, 0.1) is 0 Å². The van der Waals surface area contributed by atoms with E-state index in [2.05, 4.69) is 17.4 Å². The zero-order chi connectivity index (χ0) is 11.6. The normalized spacial score (nSPS) is 19.7. The van der Waals surface area contributed by atoms with Gasteiger partial charge in [-0.3, -0.25) is 5.32 Å². The van der Waals surface area contributed by atoms with Gasteiger partial charge >= 0.3 is 0 Å². The molecule has 16 heavy (non-hydrogen) atoms. The Hall–Kier alpha value is -0.870. The predicted molar refractivity (Wildman–Crippen MR) is 65.0 cm³/mol. The third-order valence-corrected chi connectivity index (χ3v) is 4.61. The molecule has 0 radical (unpaired) electrons. The minimum Gasteiger partial charge on any atom is -0.297 e. The molecule has 3 nitrogen and oxygen atoms in total. The molecule has 88 valence electrons. The maximum absolute atomic E-state index is 11.4. The molecule has 0 aliphatic heterocycles. The zero-order valence-corrected chi connectivity index (χ0v) is 10.3. The van der Waals surface area contributed by atoms with Gasteiger partial charge in [0.1, 0.15) is 0 Å². The summed E-state index contributed by atoms with van der Waals surface area (Å²) in [5.41, 5.74) is 2.60. The molecule has 0 saturated heterocycles. The van der Waals surface area contributed by atoms with E-state index in [0.29, 0.717) is 0 Å². The van der Waals surface area contributed by atoms with Gasteiger partial charge in [-0.2, -0.15) is 0 Å². The van der Waals surface area contributed by atoms with E-state index in [1.165, 1.54) is 11.1 Å². The van der Waals surface area contributed by atoms with Crippen molar-refractivity contribution < 1.29 is 8.42 Å². The summed E-state index contributed by atoms with van der Waals surface area (Å²) in [6.07, 6.45) is 2.04. The summed E-state index contributed by atoms with van der Waals surface area (Å²) in [6, 6.07) is 8.44. The van der Waals surface area contributed by atoms with Crippen LogP contribution in [0.4, 0.5) is 0 Å². The second kappa shape index (κ2) is 4.55. The van der Waals surface area contributed by atoms with Gasteiger partial charge in [0, 0.05) is 11.8 Å². The van der Waals surface area contributed by atoms with Crippen LogP contribution in [-0.2, 0) is 16.3 Å². The number of hydrogen-bond acceptors (Lipinski definition) is 3. The average Bonchev–Trinajstić information content (AvgIpc) is 2.70. The van der Waals surface area contributed by atoms with Gasteiger partial charge in [0.05, 0.1) is 5.88 Å². The highest BCUT2D eigenvalue weighted by Gasteiger charge is 2.22. The fourth-order valence-corrected chi connectivity index (χ4v) is 2.76. The topological polar surface area (TPSA) is 46.2 Å². The Labute approximate surface area is 96.8 Å². The molecule has 1 aliphatic carbocycles. The van der Waals surface area contributed by atoms with Gasteiger partial charge in [-0.25, -0.2) is 8.42 Å². The Morgan fingerprint density at radius 1 is 1.38 bits per heavy atom. The summed E-state index contributed by atoms with van der Waals surface area (Å²) < 4.78 is 22.8. The monoisotopic (exact) mass is 239 g/mol. The Morgan fingerprint density at radius 2 is 2.12 bits per heavy atom. The first kappa shape index (κ1) is 11.6. The summed E-state index contributed by atoms with van der Waals surface area (Å²) in [6.45, 7) is 1.68. The summed E-state index contributed by atoms with van der Waals surface area (Å²) in [5, 5.41) is 3.14. The van der Waals surface area contributed by atoms with Crippen molar-refractivity contribution in [1.29, 1.82) is 0 Å². The first-order valence-electron chi connectivity index (χ1n) is 5.64. The Morgan fingerprint density at radius 3 is 2.88 bits per heavy atom. The van der Waals surface area contributed by atoms with Crippen molar-refractivity contribution in [2.24, 2.45) is 0 Å². The van der Waals surface area contributed by atoms with Crippen LogP contribution in [0.15, 0.2) is 24.3 Å². The van der Waals surface area contributed by atoms with E-state index in [4.69, 9.17) is 0 Å². The van der Waals surface area contributed by atoms with Gasteiger partial charge in [-0.1, -0.05) is 31.2 Å². The lowest BCUT2D eigenvalue weighted by Crippen LogP contribution is -2.27. The number of hydrogen-bond donors (Lipinski definition) is 1. The van der Waals surface area contributed by atoms with Crippen molar-refractivity contribution in [3.05, 3.63) is 35.4 Å². The highest BCUT2D eigenvalue weighted by Crippen LogP contribution is 2.30. The van der Waals surface area contributed by atoms with Crippen LogP contribution in [-0.4, -0.2) is 20.0 Å². The van der Waals surface area contributed by atoms with E-state index < -0.39 is 9.84 Å². The van der Waals surface area contributed by atoms with Crippen molar-refractivity contribution >= 4 is 9.84 Å². The van der Waals surface area contributed by atoms with Gasteiger partial charge in [0.15, 0.2) is 9.84 Å². The lowest BCUT2D eigenvalue weighted by atomic mass is 10.1. The lowest BCUT2D eigenvalue weighted by Gasteiger charge is -2.13. The summed E-state index contributed by atoms with van der Waals surface area (Å²) in [4.78, 5) is 0. The zero-order valence-electron chi connectivity index (χ0n) is 9.44. The van der Waals surface area contributed by atoms with Crippen LogP contribution in [0.3, 0.4) is 0 Å². The Kier molecular flexibility index (Phi) is 3.30. The molecule has 1 aromatic rings. The minimum absolute atomic E-state index is 0.0858. The van der Waals surface area contributed by atoms with E-state index in [1.54, 1.807) is 6.92 Å². The SMILES string of the molecule is CCS(=O)(=O)CN[C@H]1CCc2ccccc21. The molecule has 0 fully saturated rings. The number of nitrogens with one attached hydrogen (secondary N) is 1. The van der Waals surface area contributed by atoms with E-state index in [0.717, 1.165) is 12.8 Å². The number of aryl methyl sites for hydroxylation is 1. The van der Waals surface area contributed by atoms with Gasteiger partial charge < -0.3 is 0 Å². The molecule has 2 rings (SSSR count). The number of benzene rings is 1. The fourth-order valence-electron chi connectivity index (χ4n) is 2.10. The molecule has 0 heterocycles. The standard InChI is InChI=1S/C12H17NO2S/c1-2-16(14,15)9-13-12-8-7-10-5-3-4-6-11(10)12/h3-6,12-13H,2,7-9H2,1H3/t12-/m0/s1. The highest BCUT2D eigenvalue weighted by molar-refractivity contribution is 7.91. The maximum Gasteiger partial charge on any atom is 0.162 e. The predicted octanol–water partition coefficient (Wildman–Crippen LogP) is 1.66. The van der Waals surface area contributed by atoms with Crippen molar-refractivity contribution in [1.82, 2.24) is 5.32 Å². The van der Waals surface area contributed by atoms with E-state index in [-0.39, 0.29) is 17.7 Å². The second-order valence-corrected chi connectivity index (χ2v) is 6.52. The largest absolute Gasteiger partial charge is 0.297 e. The lowest BCUT2D eigenvalue weighted by molar-refractivity contribution is 0.548. The molecule has 4 heteroatoms. The highest BCUT2D eigenvalue weighted by atomic mass is 32.2. The van der Waals surface area contributed by atoms with Crippen LogP contribution in [0.1, 0.15) is 30.5 Å². The molecule has 0 amide bonds. The van der Waals surface area contributed by atoms with Crippen LogP contribution < -0.4 is 5.32 Å². The molecule has 0 aromatic heterocycles. The summed E-state index contributed by atoms with van der Waals surface area (Å²) in [5.74, 6) is 0.289. The van der Waals surface area contributed by atoms with Crippen LogP contribution in [0.25, 0.3) is 0 Å². The number of rotatable bonds is 4. The Bertz CT molecular complexity index is 468. The molecule has 1 N–H and O–H groups in total. The minimum atomic E-state index is -2.92. The Balaban J connectivity index is 2.04. The molecule has 0 unspecified atom stereocenters. The van der Waals surface area contributed by atoms with Crippen molar-refractivity contribution in [2.45, 2.75) is 25.8 Å². The van der Waals surface area contributed by atoms with Gasteiger partial charge in [0.2, 0.25) is 0 Å². The van der Waals surface area contributed by atoms with Gasteiger partial charge in [-0.05, 0) is 24.0 Å². The van der Waals surface area contributed by atoms with E-state index in [1.807, 2.05) is 12.1 Å². The summed E-state index contributed by atoms with van der Waals surface area (Å²) >= 11 is 0. The van der Waals surface area contributed by atoms with Gasteiger partial charge in [-0.15, -0.1) is 0 Å². The molecule has 0 spiro atoms.